The number of nitrogens with zero attached hydrogens (tertiary/aromatic N) is 3. The van der Waals surface area contributed by atoms with E-state index in [2.05, 4.69) is 47.2 Å². The van der Waals surface area contributed by atoms with Crippen LogP contribution in [0.3, 0.4) is 0 Å². The van der Waals surface area contributed by atoms with Crippen LogP contribution in [0.1, 0.15) is 105 Å². The van der Waals surface area contributed by atoms with Crippen LogP contribution in [0.5, 0.6) is 46.0 Å². The Balaban J connectivity index is 1.25. The van der Waals surface area contributed by atoms with Gasteiger partial charge in [0.15, 0.2) is 29.9 Å². The molecule has 7 heterocycles. The molecule has 2 saturated heterocycles. The maximum Gasteiger partial charge on any atom is 0.330 e. The lowest BCUT2D eigenvalue weighted by molar-refractivity contribution is -0.330. The minimum atomic E-state index is -2.36. The summed E-state index contributed by atoms with van der Waals surface area (Å²) in [5, 5.41) is 124. The maximum atomic E-state index is 16.1. The number of aliphatic hydroxyl groups is 5. The number of aliphatic carboxylic acids is 1. The second-order valence-electron chi connectivity index (χ2n) is 25.9. The van der Waals surface area contributed by atoms with Crippen molar-refractivity contribution in [1.29, 1.82) is 0 Å². The Morgan fingerprint density at radius 2 is 1.36 bits per heavy atom. The molecule has 550 valence electrons. The number of nitrogens with two attached hydrogens (primary N) is 2. The van der Waals surface area contributed by atoms with Gasteiger partial charge in [0.1, 0.15) is 83.4 Å². The van der Waals surface area contributed by atoms with Crippen LogP contribution in [-0.2, 0) is 52.6 Å². The first-order chi connectivity index (χ1) is 48.7. The van der Waals surface area contributed by atoms with Crippen LogP contribution in [0.25, 0.3) is 21.6 Å². The number of aromatic hydroxyl groups is 3. The van der Waals surface area contributed by atoms with Gasteiger partial charge in [-0.3, -0.25) is 33.6 Å². The number of nitrogens with one attached hydrogen (secondary N) is 7. The molecule has 18 atom stereocenters. The fraction of sp³-hybridized carbons (Fsp3) is 0.424. The van der Waals surface area contributed by atoms with Crippen molar-refractivity contribution >= 4 is 70.5 Å². The molecule has 7 amide bonds. The average Bonchev–Trinajstić information content (AvgIpc) is 0.771. The second kappa shape index (κ2) is 31.0. The van der Waals surface area contributed by atoms with Crippen molar-refractivity contribution < 1.29 is 113 Å². The summed E-state index contributed by atoms with van der Waals surface area (Å²) in [4.78, 5) is 120. The predicted octanol–water partition coefficient (Wildman–Crippen LogP) is 1.42. The molecule has 7 aliphatic heterocycles. The molecule has 12 rings (SSSR count). The summed E-state index contributed by atoms with van der Waals surface area (Å²) in [6, 6.07) is -0.810. The van der Waals surface area contributed by atoms with Gasteiger partial charge in [0.25, 0.3) is 0 Å². The van der Waals surface area contributed by atoms with Crippen LogP contribution in [0.15, 0.2) is 84.0 Å². The highest BCUT2D eigenvalue weighted by molar-refractivity contribution is 6.32. The Bertz CT molecular complexity index is 4220. The monoisotopic (exact) mass is 1470 g/mol. The second-order valence-corrected chi connectivity index (χ2v) is 26.8. The lowest BCUT2D eigenvalue weighted by atomic mass is 9.86. The van der Waals surface area contributed by atoms with Gasteiger partial charge in [-0.15, -0.1) is 0 Å². The number of phenols is 3. The molecule has 5 aromatic rings. The fourth-order valence-electron chi connectivity index (χ4n) is 12.6. The van der Waals surface area contributed by atoms with Gasteiger partial charge < -0.3 is 123 Å². The van der Waals surface area contributed by atoms with Crippen LogP contribution in [0.2, 0.25) is 10.0 Å². The van der Waals surface area contributed by atoms with Gasteiger partial charge in [-0.1, -0.05) is 60.4 Å². The number of amides is 7. The number of carbonyl (C=O) groups excluding carboxylic acids is 7. The molecule has 0 spiro atoms. The zero-order valence-corrected chi connectivity index (χ0v) is 56.7. The van der Waals surface area contributed by atoms with E-state index in [0.717, 1.165) is 66.7 Å². The van der Waals surface area contributed by atoms with E-state index in [1.54, 1.807) is 0 Å². The van der Waals surface area contributed by atoms with E-state index in [0.29, 0.717) is 0 Å². The van der Waals surface area contributed by atoms with Crippen molar-refractivity contribution in [2.45, 2.75) is 156 Å². The minimum absolute atomic E-state index is 0.103. The van der Waals surface area contributed by atoms with Gasteiger partial charge in [0, 0.05) is 39.6 Å². The number of likely N-dealkylation sites (N-methyl/N-ethyl adjacent to an activating group) is 1. The van der Waals surface area contributed by atoms with Gasteiger partial charge in [0.2, 0.25) is 53.4 Å². The number of carboxylic acids is 1. The van der Waals surface area contributed by atoms with Crippen LogP contribution in [0.4, 0.5) is 0 Å². The van der Waals surface area contributed by atoms with Crippen molar-refractivity contribution in [3.63, 3.8) is 0 Å². The Morgan fingerprint density at radius 3 is 1.95 bits per heavy atom. The largest absolute Gasteiger partial charge is 0.508 e. The first-order valence-corrected chi connectivity index (χ1v) is 32.8. The minimum Gasteiger partial charge on any atom is -0.508 e. The van der Waals surface area contributed by atoms with Gasteiger partial charge >= 0.3 is 5.97 Å². The number of benzene rings is 5. The topological polar surface area (TPSA) is 559 Å². The summed E-state index contributed by atoms with van der Waals surface area (Å²) in [7, 11) is 1.47. The summed E-state index contributed by atoms with van der Waals surface area (Å²) in [5.74, 6) is -16.1. The molecule has 20 N–H and O–H groups in total. The molecule has 11 unspecified atom stereocenters. The number of primary amides is 1. The van der Waals surface area contributed by atoms with E-state index in [1.165, 1.54) is 33.0 Å². The number of carboxylic acid groups (broad SMARTS) is 1. The van der Waals surface area contributed by atoms with E-state index in [-0.39, 0.29) is 46.2 Å². The quantitative estimate of drug-likeness (QED) is 0.0425. The van der Waals surface area contributed by atoms with Crippen LogP contribution in [0, 0.1) is 5.92 Å². The zero-order valence-electron chi connectivity index (χ0n) is 55.2. The lowest BCUT2D eigenvalue weighted by Crippen LogP contribution is -2.64. The molecule has 11 bridgehead atoms. The molecule has 35 nitrogen and oxygen atoms in total. The number of phenolic OH excluding ortho intramolecular Hbond substituents is 3. The van der Waals surface area contributed by atoms with Crippen molar-refractivity contribution in [3.8, 4) is 57.1 Å². The third kappa shape index (κ3) is 16.3. The number of hydrogen-bond donors (Lipinski definition) is 18. The average molecular weight is 1470 g/mol. The van der Waals surface area contributed by atoms with E-state index in [1.807, 2.05) is 13.8 Å². The van der Waals surface area contributed by atoms with Gasteiger partial charge in [-0.25, -0.2) is 4.79 Å². The number of carbonyl (C=O) groups is 8. The highest BCUT2D eigenvalue weighted by Crippen LogP contribution is 2.50. The number of aliphatic hydroxyl groups excluding tert-OH is 5. The Labute approximate surface area is 594 Å². The van der Waals surface area contributed by atoms with Gasteiger partial charge in [-0.2, -0.15) is 0 Å². The smallest absolute Gasteiger partial charge is 0.330 e. The summed E-state index contributed by atoms with van der Waals surface area (Å²) in [6.07, 6.45) is -18.7. The SMILES string of the molecule is CN[C@@H](CC(C)C)C(=O)N[C@H]1C(=O)N[C@@H](CC(N)=O)C(=O)NC2C(=O)NC3C(=O)N[C@H](C(=O)N[C@@H](C(=O)O)c4cc(O)cc(O)c4-c4cc3ccc4O)[C@H](O)c3ccc(c(Cl)c3)Oc3cc2cc(c3OC2OC(CN=[N+]=[N-])C(O)C(O)C2OC2CC(C)(N)C(O)C(C)O2)Oc2ccc(cc2Cl)[C@H]1O. The molecule has 0 aliphatic carbocycles. The van der Waals surface area contributed by atoms with E-state index in [9.17, 15) is 75.5 Å². The molecule has 7 aliphatic rings. The molecule has 5 aromatic carbocycles. The summed E-state index contributed by atoms with van der Waals surface area (Å²) < 4.78 is 38.6. The normalized spacial score (nSPS) is 29.0. The summed E-state index contributed by atoms with van der Waals surface area (Å²) in [6.45, 7) is 5.94. The standard InChI is InChI=1S/C66H74Cl2N12O23/c1-23(2)12-34(72-5)58(90)78-49-51(85)26-7-10-38(32(67)14-26)99-40-16-28-17-41(55(40)103-65-56(54(88)53(87)42(101-65)22-73-80-71)102-44-21-66(4,70)57(89)24(3)98-44)100-39-11-8-27(15-33(39)68)52(86)50-63(95)77-48(64(96)97)31-18-29(81)19-37(83)45(31)30-13-25(6-9-36(30)82)46(60(92)79-50)76-61(93)47(28)75-59(91)35(20-43(69)84)74-62(49)94/h6-11,13-19,23-24,34-35,42,44,46-54,56-57,65,72,81-83,85-89H,12,20-22,70H2,1-5H3,(H2,69,84)(H,74,94)(H,75,91)(H,76,93)(H,77,95)(H,78,90)(H,79,92)(H,96,97)/t24?,34-,35-,42?,44?,46?,47?,48+,49+,50-,51+,52+,53?,54?,56?,57?,65?,66?/m0/s1. The summed E-state index contributed by atoms with van der Waals surface area (Å²) >= 11 is 14.1. The Hall–Kier alpha value is -9.85. The third-order valence-electron chi connectivity index (χ3n) is 17.9. The highest BCUT2D eigenvalue weighted by Gasteiger charge is 2.51. The van der Waals surface area contributed by atoms with Crippen molar-refractivity contribution in [2.75, 3.05) is 13.6 Å². The van der Waals surface area contributed by atoms with E-state index in [4.69, 9.17) is 63.1 Å². The van der Waals surface area contributed by atoms with Crippen molar-refractivity contribution in [3.05, 3.63) is 127 Å². The molecule has 37 heteroatoms. The molecule has 0 saturated carbocycles. The molecular formula is C66H74Cl2N12O23. The lowest BCUT2D eigenvalue weighted by Gasteiger charge is -2.47. The number of ether oxygens (including phenoxy) is 6. The first kappa shape index (κ1) is 75.8. The number of hydrogen-bond acceptors (Lipinski definition) is 25. The molecule has 2 fully saturated rings. The number of fused-ring (bicyclic) bond motifs is 15. The van der Waals surface area contributed by atoms with Crippen molar-refractivity contribution in [2.24, 2.45) is 22.5 Å². The first-order valence-electron chi connectivity index (χ1n) is 32.0. The Morgan fingerprint density at radius 1 is 0.748 bits per heavy atom. The fourth-order valence-corrected chi connectivity index (χ4v) is 13.1. The van der Waals surface area contributed by atoms with Gasteiger partial charge in [0.05, 0.1) is 47.4 Å². The van der Waals surface area contributed by atoms with E-state index < -0.39 is 237 Å². The predicted molar refractivity (Wildman–Crippen MR) is 356 cm³/mol. The number of halogens is 2. The number of azide groups is 1. The third-order valence-corrected chi connectivity index (χ3v) is 18.5. The van der Waals surface area contributed by atoms with Gasteiger partial charge in [-0.05, 0) is 116 Å². The van der Waals surface area contributed by atoms with E-state index >= 15 is 14.4 Å². The van der Waals surface area contributed by atoms with Crippen molar-refractivity contribution in [1.82, 2.24) is 37.2 Å². The summed E-state index contributed by atoms with van der Waals surface area (Å²) in [5.41, 5.74) is 17.4. The van der Waals surface area contributed by atoms with Crippen LogP contribution >= 0.6 is 23.2 Å². The Kier molecular flexibility index (Phi) is 22.8. The molecule has 0 aromatic heterocycles. The molecule has 103 heavy (non-hydrogen) atoms. The molecular weight excluding hydrogens is 1400 g/mol. The zero-order chi connectivity index (χ0) is 75.0. The maximum absolute atomic E-state index is 16.1. The molecule has 0 radical (unpaired) electrons. The van der Waals surface area contributed by atoms with Crippen LogP contribution in [-0.4, -0.2) is 186 Å². The number of rotatable bonds is 14. The van der Waals surface area contributed by atoms with Crippen LogP contribution < -0.4 is 62.9 Å². The highest BCUT2D eigenvalue weighted by atomic mass is 35.5.